The highest BCUT2D eigenvalue weighted by Gasteiger charge is 2.07. The molecule has 1 nitrogen and oxygen atoms in total. The third-order valence-corrected chi connectivity index (χ3v) is 3.58. The molecule has 0 radical (unpaired) electrons. The molecular formula is C13H9BrCl2FN. The Morgan fingerprint density at radius 2 is 1.89 bits per heavy atom. The third kappa shape index (κ3) is 3.16. The number of benzene rings is 2. The van der Waals surface area contributed by atoms with E-state index in [4.69, 9.17) is 23.2 Å². The van der Waals surface area contributed by atoms with Gasteiger partial charge >= 0.3 is 0 Å². The molecule has 0 aliphatic heterocycles. The van der Waals surface area contributed by atoms with E-state index < -0.39 is 5.82 Å². The van der Waals surface area contributed by atoms with Crippen LogP contribution < -0.4 is 5.32 Å². The molecule has 0 saturated carbocycles. The van der Waals surface area contributed by atoms with Crippen molar-refractivity contribution < 1.29 is 4.39 Å². The van der Waals surface area contributed by atoms with Gasteiger partial charge < -0.3 is 5.32 Å². The minimum absolute atomic E-state index is 0.0975. The van der Waals surface area contributed by atoms with E-state index in [2.05, 4.69) is 21.2 Å². The molecular weight excluding hydrogens is 340 g/mol. The lowest BCUT2D eigenvalue weighted by Crippen LogP contribution is -2.02. The molecule has 0 bridgehead atoms. The van der Waals surface area contributed by atoms with Gasteiger partial charge in [0.15, 0.2) is 5.82 Å². The SMILES string of the molecule is Fc1c(Cl)cccc1NCc1cc(Br)ccc1Cl. The Morgan fingerprint density at radius 1 is 1.11 bits per heavy atom. The minimum Gasteiger partial charge on any atom is -0.378 e. The fraction of sp³-hybridized carbons (Fsp3) is 0.0769. The van der Waals surface area contributed by atoms with Crippen LogP contribution in [0.15, 0.2) is 40.9 Å². The summed E-state index contributed by atoms with van der Waals surface area (Å²) in [7, 11) is 0. The molecule has 94 valence electrons. The Kier molecular flexibility index (Phi) is 4.49. The van der Waals surface area contributed by atoms with Gasteiger partial charge in [0.2, 0.25) is 0 Å². The lowest BCUT2D eigenvalue weighted by molar-refractivity contribution is 0.630. The van der Waals surface area contributed by atoms with Gasteiger partial charge in [-0.05, 0) is 35.9 Å². The fourth-order valence-corrected chi connectivity index (χ4v) is 2.28. The van der Waals surface area contributed by atoms with Crippen LogP contribution in [0.25, 0.3) is 0 Å². The molecule has 0 fully saturated rings. The molecule has 0 aliphatic rings. The predicted octanol–water partition coefficient (Wildman–Crippen LogP) is 5.51. The highest BCUT2D eigenvalue weighted by molar-refractivity contribution is 9.10. The van der Waals surface area contributed by atoms with Crippen molar-refractivity contribution in [1.29, 1.82) is 0 Å². The molecule has 0 saturated heterocycles. The van der Waals surface area contributed by atoms with Gasteiger partial charge in [-0.25, -0.2) is 4.39 Å². The number of anilines is 1. The molecule has 18 heavy (non-hydrogen) atoms. The average molecular weight is 349 g/mol. The lowest BCUT2D eigenvalue weighted by Gasteiger charge is -2.10. The summed E-state index contributed by atoms with van der Waals surface area (Å²) >= 11 is 15.1. The van der Waals surface area contributed by atoms with Crippen molar-refractivity contribution in [3.63, 3.8) is 0 Å². The van der Waals surface area contributed by atoms with Gasteiger partial charge in [0.1, 0.15) is 0 Å². The normalized spacial score (nSPS) is 10.4. The monoisotopic (exact) mass is 347 g/mol. The van der Waals surface area contributed by atoms with Gasteiger partial charge in [-0.3, -0.25) is 0 Å². The zero-order valence-corrected chi connectivity index (χ0v) is 12.3. The largest absolute Gasteiger partial charge is 0.378 e. The molecule has 2 rings (SSSR count). The number of nitrogens with one attached hydrogen (secondary N) is 1. The van der Waals surface area contributed by atoms with Crippen LogP contribution in [0, 0.1) is 5.82 Å². The summed E-state index contributed by atoms with van der Waals surface area (Å²) in [4.78, 5) is 0. The van der Waals surface area contributed by atoms with E-state index in [1.807, 2.05) is 12.1 Å². The predicted molar refractivity (Wildman–Crippen MR) is 77.9 cm³/mol. The summed E-state index contributed by atoms with van der Waals surface area (Å²) in [5, 5.41) is 3.70. The van der Waals surface area contributed by atoms with Gasteiger partial charge in [-0.2, -0.15) is 0 Å². The molecule has 2 aromatic carbocycles. The standard InChI is InChI=1S/C13H9BrCl2FN/c14-9-4-5-10(15)8(6-9)7-18-12-3-1-2-11(16)13(12)17/h1-6,18H,7H2. The summed E-state index contributed by atoms with van der Waals surface area (Å²) in [5.74, 6) is -0.453. The van der Waals surface area contributed by atoms with Crippen LogP contribution in [0.3, 0.4) is 0 Å². The molecule has 5 heteroatoms. The van der Waals surface area contributed by atoms with Gasteiger partial charge in [-0.15, -0.1) is 0 Å². The molecule has 0 unspecified atom stereocenters. The van der Waals surface area contributed by atoms with E-state index in [0.29, 0.717) is 17.3 Å². The first-order valence-corrected chi connectivity index (χ1v) is 6.74. The number of halogens is 4. The second-order valence-electron chi connectivity index (χ2n) is 3.69. The van der Waals surface area contributed by atoms with Crippen LogP contribution >= 0.6 is 39.1 Å². The molecule has 0 aliphatic carbocycles. The molecule has 2 aromatic rings. The molecule has 0 amide bonds. The van der Waals surface area contributed by atoms with Crippen molar-refractivity contribution in [2.75, 3.05) is 5.32 Å². The van der Waals surface area contributed by atoms with Gasteiger partial charge in [0, 0.05) is 16.0 Å². The maximum absolute atomic E-state index is 13.6. The van der Waals surface area contributed by atoms with Crippen LogP contribution in [-0.2, 0) is 6.54 Å². The molecule has 0 heterocycles. The average Bonchev–Trinajstić information content (AvgIpc) is 2.35. The zero-order valence-electron chi connectivity index (χ0n) is 9.18. The first kappa shape index (κ1) is 13.7. The Morgan fingerprint density at radius 3 is 2.67 bits per heavy atom. The first-order chi connectivity index (χ1) is 8.58. The fourth-order valence-electron chi connectivity index (χ4n) is 1.51. The highest BCUT2D eigenvalue weighted by Crippen LogP contribution is 2.25. The Bertz CT molecular complexity index is 573. The van der Waals surface area contributed by atoms with Crippen LogP contribution in [0.1, 0.15) is 5.56 Å². The zero-order chi connectivity index (χ0) is 13.1. The first-order valence-electron chi connectivity index (χ1n) is 5.20. The Labute approximate surface area is 123 Å². The van der Waals surface area contributed by atoms with Gasteiger partial charge in [0.05, 0.1) is 10.7 Å². The van der Waals surface area contributed by atoms with Crippen molar-refractivity contribution in [1.82, 2.24) is 0 Å². The third-order valence-electron chi connectivity index (χ3n) is 2.43. The number of hydrogen-bond acceptors (Lipinski definition) is 1. The van der Waals surface area contributed by atoms with Crippen molar-refractivity contribution >= 4 is 44.8 Å². The smallest absolute Gasteiger partial charge is 0.164 e. The van der Waals surface area contributed by atoms with Gasteiger partial charge in [0.25, 0.3) is 0 Å². The molecule has 0 aromatic heterocycles. The van der Waals surface area contributed by atoms with E-state index in [1.54, 1.807) is 18.2 Å². The van der Waals surface area contributed by atoms with Gasteiger partial charge in [-0.1, -0.05) is 45.2 Å². The van der Waals surface area contributed by atoms with E-state index in [1.165, 1.54) is 6.07 Å². The van der Waals surface area contributed by atoms with Crippen molar-refractivity contribution in [2.24, 2.45) is 0 Å². The Balaban J connectivity index is 2.16. The summed E-state index contributed by atoms with van der Waals surface area (Å²) in [5.41, 5.74) is 1.24. The molecule has 0 atom stereocenters. The summed E-state index contributed by atoms with van der Waals surface area (Å²) in [6.07, 6.45) is 0. The Hall–Kier alpha value is -0.770. The highest BCUT2D eigenvalue weighted by atomic mass is 79.9. The maximum atomic E-state index is 13.6. The van der Waals surface area contributed by atoms with Crippen LogP contribution in [0.2, 0.25) is 10.0 Å². The van der Waals surface area contributed by atoms with E-state index in [9.17, 15) is 4.39 Å². The van der Waals surface area contributed by atoms with Crippen molar-refractivity contribution in [3.8, 4) is 0 Å². The topological polar surface area (TPSA) is 12.0 Å². The maximum Gasteiger partial charge on any atom is 0.164 e. The van der Waals surface area contributed by atoms with Crippen LogP contribution in [-0.4, -0.2) is 0 Å². The second kappa shape index (κ2) is 5.91. The van der Waals surface area contributed by atoms with E-state index >= 15 is 0 Å². The van der Waals surface area contributed by atoms with Crippen LogP contribution in [0.5, 0.6) is 0 Å². The second-order valence-corrected chi connectivity index (χ2v) is 5.42. The minimum atomic E-state index is -0.453. The summed E-state index contributed by atoms with van der Waals surface area (Å²) in [6.45, 7) is 0.426. The molecule has 1 N–H and O–H groups in total. The lowest BCUT2D eigenvalue weighted by atomic mass is 10.2. The van der Waals surface area contributed by atoms with Crippen molar-refractivity contribution in [2.45, 2.75) is 6.54 Å². The van der Waals surface area contributed by atoms with Crippen molar-refractivity contribution in [3.05, 3.63) is 62.3 Å². The summed E-state index contributed by atoms with van der Waals surface area (Å²) in [6, 6.07) is 10.4. The number of hydrogen-bond donors (Lipinski definition) is 1. The quantitative estimate of drug-likeness (QED) is 0.771. The van der Waals surface area contributed by atoms with E-state index in [0.717, 1.165) is 10.0 Å². The van der Waals surface area contributed by atoms with Crippen LogP contribution in [0.4, 0.5) is 10.1 Å². The summed E-state index contributed by atoms with van der Waals surface area (Å²) < 4.78 is 14.6. The number of rotatable bonds is 3. The molecule has 0 spiro atoms. The van der Waals surface area contributed by atoms with E-state index in [-0.39, 0.29) is 5.02 Å².